The van der Waals surface area contributed by atoms with Crippen molar-refractivity contribution in [3.05, 3.63) is 42.2 Å². The summed E-state index contributed by atoms with van der Waals surface area (Å²) in [7, 11) is 0. The van der Waals surface area contributed by atoms with E-state index in [1.54, 1.807) is 12.1 Å². The Hall–Kier alpha value is -2.04. The topological polar surface area (TPSA) is 35.0 Å². The van der Waals surface area contributed by atoms with Gasteiger partial charge >= 0.3 is 6.61 Å². The van der Waals surface area contributed by atoms with Crippen LogP contribution in [-0.2, 0) is 6.42 Å². The minimum Gasteiger partial charge on any atom is -0.435 e. The Morgan fingerprint density at radius 1 is 1.10 bits per heavy atom. The number of hydrogen-bond acceptors (Lipinski definition) is 3. The van der Waals surface area contributed by atoms with Crippen LogP contribution in [0.2, 0.25) is 0 Å². The van der Waals surface area contributed by atoms with Crippen LogP contribution in [0, 0.1) is 0 Å². The highest BCUT2D eigenvalue weighted by molar-refractivity contribution is 5.55. The molecule has 0 bridgehead atoms. The van der Waals surface area contributed by atoms with E-state index in [-0.39, 0.29) is 5.75 Å². The molecule has 20 heavy (non-hydrogen) atoms. The Morgan fingerprint density at radius 3 is 2.30 bits per heavy atom. The van der Waals surface area contributed by atoms with Gasteiger partial charge in [-0.15, -0.1) is 0 Å². The van der Waals surface area contributed by atoms with Gasteiger partial charge in [0.1, 0.15) is 5.75 Å². The number of halogens is 2. The first-order chi connectivity index (χ1) is 9.69. The van der Waals surface area contributed by atoms with E-state index >= 15 is 0 Å². The molecule has 106 valence electrons. The molecule has 2 aromatic rings. The van der Waals surface area contributed by atoms with Crippen LogP contribution >= 0.6 is 0 Å². The van der Waals surface area contributed by atoms with Gasteiger partial charge in [-0.25, -0.2) is 9.97 Å². The van der Waals surface area contributed by atoms with E-state index in [0.29, 0.717) is 5.82 Å². The van der Waals surface area contributed by atoms with Gasteiger partial charge in [0.15, 0.2) is 5.82 Å². The number of unbranched alkanes of at least 4 members (excludes halogenated alkanes) is 1. The third kappa shape index (κ3) is 3.98. The van der Waals surface area contributed by atoms with E-state index in [4.69, 9.17) is 0 Å². The Labute approximate surface area is 116 Å². The van der Waals surface area contributed by atoms with Crippen LogP contribution in [0.25, 0.3) is 11.4 Å². The Balaban J connectivity index is 2.07. The molecule has 5 heteroatoms. The number of aryl methyl sites for hydroxylation is 1. The van der Waals surface area contributed by atoms with Gasteiger partial charge in [0, 0.05) is 18.0 Å². The molecule has 2 rings (SSSR count). The number of nitrogens with zero attached hydrogens (tertiary/aromatic N) is 2. The van der Waals surface area contributed by atoms with E-state index in [9.17, 15) is 8.78 Å². The molecule has 1 heterocycles. The highest BCUT2D eigenvalue weighted by Gasteiger charge is 2.05. The van der Waals surface area contributed by atoms with Crippen molar-refractivity contribution >= 4 is 0 Å². The second-order valence-corrected chi connectivity index (χ2v) is 4.42. The molecule has 0 fully saturated rings. The van der Waals surface area contributed by atoms with Crippen molar-refractivity contribution in [2.75, 3.05) is 0 Å². The Morgan fingerprint density at radius 2 is 1.75 bits per heavy atom. The number of hydrogen-bond donors (Lipinski definition) is 0. The van der Waals surface area contributed by atoms with Crippen molar-refractivity contribution in [1.29, 1.82) is 0 Å². The zero-order chi connectivity index (χ0) is 14.4. The van der Waals surface area contributed by atoms with Gasteiger partial charge < -0.3 is 4.74 Å². The highest BCUT2D eigenvalue weighted by Crippen LogP contribution is 2.20. The molecular weight excluding hydrogens is 262 g/mol. The summed E-state index contributed by atoms with van der Waals surface area (Å²) in [5.74, 6) is 0.706. The lowest BCUT2D eigenvalue weighted by molar-refractivity contribution is -0.0498. The summed E-state index contributed by atoms with van der Waals surface area (Å²) in [5, 5.41) is 0. The summed E-state index contributed by atoms with van der Waals surface area (Å²) < 4.78 is 28.4. The minimum absolute atomic E-state index is 0.128. The molecule has 0 saturated carbocycles. The summed E-state index contributed by atoms with van der Waals surface area (Å²) in [6.45, 7) is -0.673. The lowest BCUT2D eigenvalue weighted by Crippen LogP contribution is -2.01. The van der Waals surface area contributed by atoms with Crippen molar-refractivity contribution in [2.24, 2.45) is 0 Å². The van der Waals surface area contributed by atoms with Crippen LogP contribution in [0.1, 0.15) is 25.3 Å². The van der Waals surface area contributed by atoms with Crippen molar-refractivity contribution in [3.8, 4) is 17.1 Å². The maximum absolute atomic E-state index is 12.0. The lowest BCUT2D eigenvalue weighted by atomic mass is 10.1. The molecular formula is C15H16F2N2O. The maximum Gasteiger partial charge on any atom is 0.387 e. The molecule has 0 saturated heterocycles. The summed E-state index contributed by atoms with van der Waals surface area (Å²) in [6.07, 6.45) is 6.83. The van der Waals surface area contributed by atoms with Gasteiger partial charge in [0.05, 0.1) is 0 Å². The Kier molecular flexibility index (Phi) is 4.98. The van der Waals surface area contributed by atoms with Crippen molar-refractivity contribution < 1.29 is 13.5 Å². The van der Waals surface area contributed by atoms with Gasteiger partial charge in [-0.2, -0.15) is 8.78 Å². The highest BCUT2D eigenvalue weighted by atomic mass is 19.3. The molecule has 1 aromatic carbocycles. The normalized spacial score (nSPS) is 10.8. The molecule has 0 spiro atoms. The summed E-state index contributed by atoms with van der Waals surface area (Å²) in [5.41, 5.74) is 1.88. The molecule has 0 aliphatic rings. The average molecular weight is 278 g/mol. The van der Waals surface area contributed by atoms with Crippen LogP contribution in [-0.4, -0.2) is 16.6 Å². The van der Waals surface area contributed by atoms with E-state index in [1.807, 2.05) is 12.4 Å². The largest absolute Gasteiger partial charge is 0.435 e. The van der Waals surface area contributed by atoms with Crippen LogP contribution in [0.4, 0.5) is 8.78 Å². The minimum atomic E-state index is -2.81. The number of alkyl halides is 2. The van der Waals surface area contributed by atoms with Gasteiger partial charge in [-0.05, 0) is 42.7 Å². The molecule has 0 amide bonds. The second kappa shape index (κ2) is 6.93. The summed E-state index contributed by atoms with van der Waals surface area (Å²) in [4.78, 5) is 8.58. The first kappa shape index (κ1) is 14.4. The van der Waals surface area contributed by atoms with Crippen molar-refractivity contribution in [3.63, 3.8) is 0 Å². The maximum atomic E-state index is 12.0. The van der Waals surface area contributed by atoms with Gasteiger partial charge in [-0.1, -0.05) is 13.3 Å². The first-order valence-corrected chi connectivity index (χ1v) is 6.55. The van der Waals surface area contributed by atoms with Gasteiger partial charge in [0.25, 0.3) is 0 Å². The molecule has 0 radical (unpaired) electrons. The molecule has 0 unspecified atom stereocenters. The molecule has 0 aliphatic heterocycles. The first-order valence-electron chi connectivity index (χ1n) is 6.55. The van der Waals surface area contributed by atoms with E-state index in [2.05, 4.69) is 21.6 Å². The smallest absolute Gasteiger partial charge is 0.387 e. The molecule has 0 N–H and O–H groups in total. The second-order valence-electron chi connectivity index (χ2n) is 4.42. The molecule has 1 aromatic heterocycles. The average Bonchev–Trinajstić information content (AvgIpc) is 2.46. The number of benzene rings is 1. The molecule has 0 atom stereocenters. The third-order valence-electron chi connectivity index (χ3n) is 2.86. The van der Waals surface area contributed by atoms with Crippen LogP contribution < -0.4 is 4.74 Å². The zero-order valence-electron chi connectivity index (χ0n) is 11.2. The Bertz CT molecular complexity index is 527. The van der Waals surface area contributed by atoms with Crippen molar-refractivity contribution in [1.82, 2.24) is 9.97 Å². The van der Waals surface area contributed by atoms with Crippen LogP contribution in [0.5, 0.6) is 5.75 Å². The fraction of sp³-hybridized carbons (Fsp3) is 0.333. The number of aromatic nitrogens is 2. The van der Waals surface area contributed by atoms with E-state index in [1.165, 1.54) is 12.1 Å². The predicted octanol–water partition coefficient (Wildman–Crippen LogP) is 4.09. The predicted molar refractivity (Wildman–Crippen MR) is 72.7 cm³/mol. The fourth-order valence-corrected chi connectivity index (χ4v) is 1.80. The van der Waals surface area contributed by atoms with E-state index in [0.717, 1.165) is 30.4 Å². The molecule has 3 nitrogen and oxygen atoms in total. The van der Waals surface area contributed by atoms with Gasteiger partial charge in [-0.3, -0.25) is 0 Å². The van der Waals surface area contributed by atoms with Gasteiger partial charge in [0.2, 0.25) is 0 Å². The van der Waals surface area contributed by atoms with Crippen molar-refractivity contribution in [2.45, 2.75) is 32.8 Å². The molecule has 0 aliphatic carbocycles. The van der Waals surface area contributed by atoms with E-state index < -0.39 is 6.61 Å². The third-order valence-corrected chi connectivity index (χ3v) is 2.86. The SMILES string of the molecule is CCCCc1cnc(-c2ccc(OC(F)F)cc2)nc1. The lowest BCUT2D eigenvalue weighted by Gasteiger charge is -2.05. The van der Waals surface area contributed by atoms with Crippen LogP contribution in [0.15, 0.2) is 36.7 Å². The monoisotopic (exact) mass is 278 g/mol. The zero-order valence-corrected chi connectivity index (χ0v) is 11.2. The standard InChI is InChI=1S/C15H16F2N2O/c1-2-3-4-11-9-18-14(19-10-11)12-5-7-13(8-6-12)20-15(16)17/h5-10,15H,2-4H2,1H3. The summed E-state index contributed by atoms with van der Waals surface area (Å²) >= 11 is 0. The fourth-order valence-electron chi connectivity index (χ4n) is 1.80. The number of rotatable bonds is 6. The number of ether oxygens (including phenoxy) is 1. The quantitative estimate of drug-likeness (QED) is 0.798. The van der Waals surface area contributed by atoms with Crippen LogP contribution in [0.3, 0.4) is 0 Å². The summed E-state index contributed by atoms with van der Waals surface area (Å²) in [6, 6.07) is 6.29.